The highest BCUT2D eigenvalue weighted by Gasteiger charge is 2.56. The van der Waals surface area contributed by atoms with Gasteiger partial charge in [0.1, 0.15) is 5.82 Å². The number of likely N-dealkylation sites (tertiary alicyclic amines) is 1. The number of rotatable bonds is 4. The van der Waals surface area contributed by atoms with Crippen LogP contribution in [0.1, 0.15) is 35.2 Å². The fourth-order valence-corrected chi connectivity index (χ4v) is 3.92. The molecule has 0 radical (unpaired) electrons. The van der Waals surface area contributed by atoms with Crippen LogP contribution in [0.3, 0.4) is 0 Å². The summed E-state index contributed by atoms with van der Waals surface area (Å²) in [5.41, 5.74) is 6.11. The Hall–Kier alpha value is -1.21. The lowest BCUT2D eigenvalue weighted by atomic mass is 9.58. The number of amides is 1. The first-order valence-electron chi connectivity index (χ1n) is 8.53. The Morgan fingerprint density at radius 3 is 2.68 bits per heavy atom. The van der Waals surface area contributed by atoms with Crippen molar-refractivity contribution in [3.63, 3.8) is 0 Å². The molecule has 1 saturated heterocycles. The molecule has 1 aliphatic carbocycles. The van der Waals surface area contributed by atoms with Crippen molar-refractivity contribution in [1.82, 2.24) is 4.90 Å². The molecule has 2 fully saturated rings. The predicted octanol–water partition coefficient (Wildman–Crippen LogP) is 1.89. The minimum Gasteiger partial charge on any atom is -0.392 e. The number of aliphatic hydroxyl groups excluding tert-OH is 1. The third kappa shape index (κ3) is 3.67. The van der Waals surface area contributed by atoms with Crippen molar-refractivity contribution < 1.29 is 19.0 Å². The molecule has 1 amide bonds. The molecular weight excluding hydrogens is 347 g/mol. The van der Waals surface area contributed by atoms with Crippen molar-refractivity contribution in [2.24, 2.45) is 11.1 Å². The van der Waals surface area contributed by atoms with Crippen LogP contribution in [-0.2, 0) is 4.74 Å². The number of aliphatic hydroxyl groups is 1. The van der Waals surface area contributed by atoms with Crippen LogP contribution >= 0.6 is 12.4 Å². The van der Waals surface area contributed by atoms with Crippen molar-refractivity contribution in [3.8, 4) is 0 Å². The second-order valence-electron chi connectivity index (χ2n) is 6.91. The number of nitrogens with two attached hydrogens (primary N) is 1. The summed E-state index contributed by atoms with van der Waals surface area (Å²) < 4.78 is 19.8. The first-order valence-corrected chi connectivity index (χ1v) is 8.53. The van der Waals surface area contributed by atoms with Crippen molar-refractivity contribution in [3.05, 3.63) is 35.1 Å². The second kappa shape index (κ2) is 7.99. The molecule has 0 bridgehead atoms. The molecule has 5 nitrogen and oxygen atoms in total. The molecule has 1 aromatic carbocycles. The molecule has 3 rings (SSSR count). The number of carbonyl (C=O) groups excluding carboxylic acids is 1. The van der Waals surface area contributed by atoms with E-state index >= 15 is 0 Å². The molecule has 0 unspecified atom stereocenters. The molecule has 2 atom stereocenters. The molecular formula is C18H26ClFN2O3. The zero-order valence-electron chi connectivity index (χ0n) is 14.4. The second-order valence-corrected chi connectivity index (χ2v) is 6.91. The van der Waals surface area contributed by atoms with E-state index in [-0.39, 0.29) is 35.4 Å². The van der Waals surface area contributed by atoms with Gasteiger partial charge in [-0.15, -0.1) is 12.4 Å². The summed E-state index contributed by atoms with van der Waals surface area (Å²) in [7, 11) is 0. The molecule has 1 aliphatic heterocycles. The summed E-state index contributed by atoms with van der Waals surface area (Å²) in [6.45, 7) is 3.75. The van der Waals surface area contributed by atoms with Crippen molar-refractivity contribution in [2.75, 3.05) is 26.2 Å². The quantitative estimate of drug-likeness (QED) is 0.846. The maximum Gasteiger partial charge on any atom is 0.256 e. The van der Waals surface area contributed by atoms with Gasteiger partial charge in [0, 0.05) is 31.5 Å². The van der Waals surface area contributed by atoms with Gasteiger partial charge in [-0.05, 0) is 37.5 Å². The normalized spacial score (nSPS) is 24.6. The van der Waals surface area contributed by atoms with Crippen LogP contribution in [0.2, 0.25) is 0 Å². The van der Waals surface area contributed by atoms with E-state index in [1.54, 1.807) is 24.0 Å². The fourth-order valence-electron chi connectivity index (χ4n) is 3.92. The Balaban J connectivity index is 0.00000225. The maximum atomic E-state index is 14.0. The van der Waals surface area contributed by atoms with Crippen LogP contribution in [0, 0.1) is 18.2 Å². The highest BCUT2D eigenvalue weighted by molar-refractivity contribution is 5.94. The summed E-state index contributed by atoms with van der Waals surface area (Å²) in [6, 6.07) is 4.67. The minimum absolute atomic E-state index is 0. The van der Waals surface area contributed by atoms with E-state index in [0.717, 1.165) is 5.56 Å². The Bertz CT molecular complexity index is 620. The molecule has 7 heteroatoms. The Morgan fingerprint density at radius 1 is 1.44 bits per heavy atom. The minimum atomic E-state index is -0.479. The lowest BCUT2D eigenvalue weighted by molar-refractivity contribution is -0.208. The topological polar surface area (TPSA) is 75.8 Å². The van der Waals surface area contributed by atoms with Gasteiger partial charge in [-0.3, -0.25) is 4.79 Å². The summed E-state index contributed by atoms with van der Waals surface area (Å²) in [5.74, 6) is -0.760. The van der Waals surface area contributed by atoms with Crippen molar-refractivity contribution >= 4 is 18.3 Å². The number of aryl methyl sites for hydroxylation is 1. The van der Waals surface area contributed by atoms with Crippen LogP contribution in [0.4, 0.5) is 4.39 Å². The smallest absolute Gasteiger partial charge is 0.256 e. The SMILES string of the molecule is Cc1ccc(C(=O)N2CCC3(CC2)[C@H](O)C[C@@H]3OCCN)c(F)c1.Cl. The summed E-state index contributed by atoms with van der Waals surface area (Å²) in [6.07, 6.45) is 1.57. The standard InChI is InChI=1S/C18H25FN2O3.ClH/c1-12-2-3-13(14(19)10-12)17(23)21-7-4-18(5-8-21)15(22)11-16(18)24-9-6-20;/h2-3,10,15-16,22H,4-9,11,20H2,1H3;1H/t15-,16+;/m1./s1. The van der Waals surface area contributed by atoms with Gasteiger partial charge in [-0.2, -0.15) is 0 Å². The molecule has 0 aromatic heterocycles. The van der Waals surface area contributed by atoms with Gasteiger partial charge in [0.2, 0.25) is 0 Å². The van der Waals surface area contributed by atoms with Crippen LogP contribution in [0.25, 0.3) is 0 Å². The van der Waals surface area contributed by atoms with Crippen LogP contribution in [0.5, 0.6) is 0 Å². The van der Waals surface area contributed by atoms with E-state index in [1.165, 1.54) is 6.07 Å². The molecule has 3 N–H and O–H groups in total. The predicted molar refractivity (Wildman–Crippen MR) is 95.4 cm³/mol. The van der Waals surface area contributed by atoms with Gasteiger partial charge < -0.3 is 20.5 Å². The number of ether oxygens (including phenoxy) is 1. The molecule has 25 heavy (non-hydrogen) atoms. The zero-order chi connectivity index (χ0) is 17.3. The maximum absolute atomic E-state index is 14.0. The van der Waals surface area contributed by atoms with Gasteiger partial charge in [-0.25, -0.2) is 4.39 Å². The van der Waals surface area contributed by atoms with Gasteiger partial charge in [0.05, 0.1) is 24.4 Å². The number of hydrogen-bond donors (Lipinski definition) is 2. The highest BCUT2D eigenvalue weighted by atomic mass is 35.5. The number of benzene rings is 1. The van der Waals surface area contributed by atoms with Crippen molar-refractivity contribution in [1.29, 1.82) is 0 Å². The van der Waals surface area contributed by atoms with Gasteiger partial charge in [0.25, 0.3) is 5.91 Å². The molecule has 1 saturated carbocycles. The number of nitrogens with zero attached hydrogens (tertiary/aromatic N) is 1. The largest absolute Gasteiger partial charge is 0.392 e. The Kier molecular flexibility index (Phi) is 6.43. The molecule has 2 aliphatic rings. The van der Waals surface area contributed by atoms with E-state index in [9.17, 15) is 14.3 Å². The first-order chi connectivity index (χ1) is 11.5. The summed E-state index contributed by atoms with van der Waals surface area (Å²) in [4.78, 5) is 14.2. The average Bonchev–Trinajstić information content (AvgIpc) is 2.58. The highest BCUT2D eigenvalue weighted by Crippen LogP contribution is 2.51. The van der Waals surface area contributed by atoms with Gasteiger partial charge >= 0.3 is 0 Å². The zero-order valence-corrected chi connectivity index (χ0v) is 15.2. The fraction of sp³-hybridized carbons (Fsp3) is 0.611. The van der Waals surface area contributed by atoms with E-state index in [2.05, 4.69) is 0 Å². The summed E-state index contributed by atoms with van der Waals surface area (Å²) in [5, 5.41) is 10.2. The van der Waals surface area contributed by atoms with Crippen LogP contribution in [-0.4, -0.2) is 54.4 Å². The molecule has 1 spiro atoms. The third-order valence-electron chi connectivity index (χ3n) is 5.52. The lowest BCUT2D eigenvalue weighted by Crippen LogP contribution is -2.63. The van der Waals surface area contributed by atoms with E-state index < -0.39 is 11.9 Å². The molecule has 140 valence electrons. The summed E-state index contributed by atoms with van der Waals surface area (Å²) >= 11 is 0. The van der Waals surface area contributed by atoms with Gasteiger partial charge in [-0.1, -0.05) is 6.07 Å². The Morgan fingerprint density at radius 2 is 2.12 bits per heavy atom. The lowest BCUT2D eigenvalue weighted by Gasteiger charge is -2.56. The van der Waals surface area contributed by atoms with Gasteiger partial charge in [0.15, 0.2) is 0 Å². The van der Waals surface area contributed by atoms with Crippen molar-refractivity contribution in [2.45, 2.75) is 38.4 Å². The van der Waals surface area contributed by atoms with E-state index in [1.807, 2.05) is 0 Å². The molecule has 1 heterocycles. The Labute approximate surface area is 153 Å². The number of halogens is 2. The number of hydrogen-bond acceptors (Lipinski definition) is 4. The van der Waals surface area contributed by atoms with E-state index in [4.69, 9.17) is 10.5 Å². The first kappa shape index (κ1) is 20.1. The van der Waals surface area contributed by atoms with E-state index in [0.29, 0.717) is 45.5 Å². The average molecular weight is 373 g/mol. The monoisotopic (exact) mass is 372 g/mol. The van der Waals surface area contributed by atoms with Crippen LogP contribution < -0.4 is 5.73 Å². The molecule has 1 aromatic rings. The number of carbonyl (C=O) groups is 1. The number of piperidine rings is 1. The van der Waals surface area contributed by atoms with Crippen LogP contribution in [0.15, 0.2) is 18.2 Å². The third-order valence-corrected chi connectivity index (χ3v) is 5.52.